The maximum atomic E-state index is 4.27. The Labute approximate surface area is 96.0 Å². The van der Waals surface area contributed by atoms with Crippen molar-refractivity contribution in [3.05, 3.63) is 36.5 Å². The molecule has 0 aliphatic carbocycles. The van der Waals surface area contributed by atoms with Crippen LogP contribution in [0.5, 0.6) is 0 Å². The standard InChI is InChI=1S/C10H9BrN4/c1-7(11)8-9(13-6-5-12-8)10-14-3-2-4-15-10/h2-7H,1H3. The number of nitrogens with zero attached hydrogens (tertiary/aromatic N) is 4. The lowest BCUT2D eigenvalue weighted by Crippen LogP contribution is -1.99. The Balaban J connectivity index is 2.53. The van der Waals surface area contributed by atoms with Crippen molar-refractivity contribution in [3.63, 3.8) is 0 Å². The lowest BCUT2D eigenvalue weighted by molar-refractivity contribution is 0.979. The summed E-state index contributed by atoms with van der Waals surface area (Å²) < 4.78 is 0. The molecular formula is C10H9BrN4. The van der Waals surface area contributed by atoms with Gasteiger partial charge in [-0.15, -0.1) is 0 Å². The highest BCUT2D eigenvalue weighted by atomic mass is 79.9. The Morgan fingerprint density at radius 3 is 2.33 bits per heavy atom. The van der Waals surface area contributed by atoms with Crippen molar-refractivity contribution in [2.24, 2.45) is 0 Å². The van der Waals surface area contributed by atoms with Crippen molar-refractivity contribution >= 4 is 15.9 Å². The quantitative estimate of drug-likeness (QED) is 0.782. The zero-order valence-electron chi connectivity index (χ0n) is 8.13. The van der Waals surface area contributed by atoms with Crippen LogP contribution in [0.3, 0.4) is 0 Å². The molecule has 0 bridgehead atoms. The lowest BCUT2D eigenvalue weighted by atomic mass is 10.2. The number of hydrogen-bond acceptors (Lipinski definition) is 4. The first-order valence-corrected chi connectivity index (χ1v) is 5.43. The van der Waals surface area contributed by atoms with Crippen LogP contribution >= 0.6 is 15.9 Å². The van der Waals surface area contributed by atoms with Gasteiger partial charge in [0, 0.05) is 24.8 Å². The molecule has 0 fully saturated rings. The van der Waals surface area contributed by atoms with Crippen LogP contribution in [0.25, 0.3) is 11.5 Å². The Kier molecular flexibility index (Phi) is 3.01. The van der Waals surface area contributed by atoms with E-state index in [1.54, 1.807) is 30.9 Å². The first-order valence-electron chi connectivity index (χ1n) is 4.51. The van der Waals surface area contributed by atoms with Gasteiger partial charge in [0.1, 0.15) is 5.69 Å². The summed E-state index contributed by atoms with van der Waals surface area (Å²) in [6.45, 7) is 2.00. The third-order valence-electron chi connectivity index (χ3n) is 1.88. The molecule has 0 saturated heterocycles. The summed E-state index contributed by atoms with van der Waals surface area (Å²) >= 11 is 3.47. The average Bonchev–Trinajstić information content (AvgIpc) is 2.30. The maximum Gasteiger partial charge on any atom is 0.180 e. The van der Waals surface area contributed by atoms with Crippen molar-refractivity contribution in [3.8, 4) is 11.5 Å². The maximum absolute atomic E-state index is 4.27. The van der Waals surface area contributed by atoms with Gasteiger partial charge in [-0.1, -0.05) is 15.9 Å². The summed E-state index contributed by atoms with van der Waals surface area (Å²) in [4.78, 5) is 17.0. The van der Waals surface area contributed by atoms with E-state index in [4.69, 9.17) is 0 Å². The van der Waals surface area contributed by atoms with Crippen molar-refractivity contribution < 1.29 is 0 Å². The highest BCUT2D eigenvalue weighted by Crippen LogP contribution is 2.26. The second kappa shape index (κ2) is 4.44. The molecule has 2 aromatic heterocycles. The molecule has 0 aliphatic rings. The van der Waals surface area contributed by atoms with Crippen LogP contribution in [0, 0.1) is 0 Å². The zero-order valence-corrected chi connectivity index (χ0v) is 9.72. The number of alkyl halides is 1. The molecule has 0 aliphatic heterocycles. The third-order valence-corrected chi connectivity index (χ3v) is 2.31. The molecule has 0 aromatic carbocycles. The Morgan fingerprint density at radius 1 is 1.00 bits per heavy atom. The highest BCUT2D eigenvalue weighted by Gasteiger charge is 2.13. The molecule has 0 saturated carbocycles. The van der Waals surface area contributed by atoms with E-state index in [9.17, 15) is 0 Å². The van der Waals surface area contributed by atoms with Crippen LogP contribution in [0.4, 0.5) is 0 Å². The van der Waals surface area contributed by atoms with Gasteiger partial charge < -0.3 is 0 Å². The van der Waals surface area contributed by atoms with E-state index in [1.165, 1.54) is 0 Å². The molecular weight excluding hydrogens is 256 g/mol. The summed E-state index contributed by atoms with van der Waals surface area (Å²) in [5.41, 5.74) is 1.58. The fraction of sp³-hybridized carbons (Fsp3) is 0.200. The third kappa shape index (κ3) is 2.18. The van der Waals surface area contributed by atoms with Crippen LogP contribution in [0.1, 0.15) is 17.4 Å². The van der Waals surface area contributed by atoms with Gasteiger partial charge in [0.2, 0.25) is 0 Å². The van der Waals surface area contributed by atoms with Crippen LogP contribution in [-0.4, -0.2) is 19.9 Å². The average molecular weight is 265 g/mol. The molecule has 15 heavy (non-hydrogen) atoms. The topological polar surface area (TPSA) is 51.6 Å². The number of rotatable bonds is 2. The second-order valence-electron chi connectivity index (χ2n) is 2.98. The van der Waals surface area contributed by atoms with Gasteiger partial charge >= 0.3 is 0 Å². The number of halogens is 1. The zero-order chi connectivity index (χ0) is 10.7. The molecule has 0 spiro atoms. The monoisotopic (exact) mass is 264 g/mol. The van der Waals surface area contributed by atoms with E-state index >= 15 is 0 Å². The van der Waals surface area contributed by atoms with Crippen molar-refractivity contribution in [2.75, 3.05) is 0 Å². The van der Waals surface area contributed by atoms with Gasteiger partial charge in [-0.25, -0.2) is 15.0 Å². The first kappa shape index (κ1) is 10.2. The Bertz CT molecular complexity index is 444. The second-order valence-corrected chi connectivity index (χ2v) is 4.35. The van der Waals surface area contributed by atoms with E-state index in [2.05, 4.69) is 35.9 Å². The predicted molar refractivity (Wildman–Crippen MR) is 60.4 cm³/mol. The van der Waals surface area contributed by atoms with Crippen molar-refractivity contribution in [2.45, 2.75) is 11.8 Å². The van der Waals surface area contributed by atoms with Crippen LogP contribution < -0.4 is 0 Å². The lowest BCUT2D eigenvalue weighted by Gasteiger charge is -2.06. The minimum absolute atomic E-state index is 0.130. The fourth-order valence-electron chi connectivity index (χ4n) is 1.23. The molecule has 1 atom stereocenters. The van der Waals surface area contributed by atoms with Gasteiger partial charge in [0.25, 0.3) is 0 Å². The summed E-state index contributed by atoms with van der Waals surface area (Å²) in [5.74, 6) is 0.604. The smallest absolute Gasteiger partial charge is 0.180 e. The summed E-state index contributed by atoms with van der Waals surface area (Å²) in [6, 6.07) is 1.77. The van der Waals surface area contributed by atoms with E-state index in [-0.39, 0.29) is 4.83 Å². The molecule has 1 unspecified atom stereocenters. The molecule has 2 aromatic rings. The molecule has 0 N–H and O–H groups in total. The normalized spacial score (nSPS) is 12.4. The summed E-state index contributed by atoms with van der Waals surface area (Å²) in [5, 5.41) is 0. The minimum atomic E-state index is 0.130. The van der Waals surface area contributed by atoms with Gasteiger partial charge in [0.15, 0.2) is 5.82 Å². The molecule has 0 amide bonds. The van der Waals surface area contributed by atoms with Gasteiger partial charge in [0.05, 0.1) is 10.5 Å². The molecule has 76 valence electrons. The SMILES string of the molecule is CC(Br)c1nccnc1-c1ncccn1. The van der Waals surface area contributed by atoms with Gasteiger partial charge in [-0.3, -0.25) is 4.98 Å². The summed E-state index contributed by atoms with van der Waals surface area (Å²) in [6.07, 6.45) is 6.70. The van der Waals surface area contributed by atoms with Gasteiger partial charge in [-0.05, 0) is 13.0 Å². The summed E-state index contributed by atoms with van der Waals surface area (Å²) in [7, 11) is 0. The minimum Gasteiger partial charge on any atom is -0.256 e. The molecule has 0 radical (unpaired) electrons. The van der Waals surface area contributed by atoms with E-state index < -0.39 is 0 Å². The van der Waals surface area contributed by atoms with Crippen LogP contribution in [0.15, 0.2) is 30.9 Å². The van der Waals surface area contributed by atoms with Crippen LogP contribution in [0.2, 0.25) is 0 Å². The largest absolute Gasteiger partial charge is 0.256 e. The van der Waals surface area contributed by atoms with Crippen LogP contribution in [-0.2, 0) is 0 Å². The molecule has 2 heterocycles. The molecule has 5 heteroatoms. The number of aromatic nitrogens is 4. The molecule has 2 rings (SSSR count). The predicted octanol–water partition coefficient (Wildman–Crippen LogP) is 2.39. The number of hydrogen-bond donors (Lipinski definition) is 0. The van der Waals surface area contributed by atoms with Crippen molar-refractivity contribution in [1.29, 1.82) is 0 Å². The van der Waals surface area contributed by atoms with E-state index in [0.717, 1.165) is 11.4 Å². The van der Waals surface area contributed by atoms with Gasteiger partial charge in [-0.2, -0.15) is 0 Å². The van der Waals surface area contributed by atoms with E-state index in [1.807, 2.05) is 6.92 Å². The Hall–Kier alpha value is -1.36. The van der Waals surface area contributed by atoms with Crippen molar-refractivity contribution in [1.82, 2.24) is 19.9 Å². The molecule has 4 nitrogen and oxygen atoms in total. The fourth-order valence-corrected chi connectivity index (χ4v) is 1.57. The van der Waals surface area contributed by atoms with E-state index in [0.29, 0.717) is 5.82 Å². The first-order chi connectivity index (χ1) is 7.29. The Morgan fingerprint density at radius 2 is 1.67 bits per heavy atom. The highest BCUT2D eigenvalue weighted by molar-refractivity contribution is 9.09.